The highest BCUT2D eigenvalue weighted by Gasteiger charge is 2.07. The van der Waals surface area contributed by atoms with Gasteiger partial charge < -0.3 is 9.47 Å². The molecule has 142 valence electrons. The molecule has 0 N–H and O–H groups in total. The SMILES string of the molecule is COc1cccc(C(=O)/C=C/c2ccc(OC)c(CSc3ccccn3)c2)c1. The third-order valence-corrected chi connectivity index (χ3v) is 5.09. The molecule has 0 atom stereocenters. The summed E-state index contributed by atoms with van der Waals surface area (Å²) in [5.74, 6) is 2.14. The van der Waals surface area contributed by atoms with Crippen LogP contribution in [0.25, 0.3) is 6.08 Å². The topological polar surface area (TPSA) is 48.4 Å². The van der Waals surface area contributed by atoms with Gasteiger partial charge in [0.15, 0.2) is 5.78 Å². The lowest BCUT2D eigenvalue weighted by atomic mass is 10.1. The summed E-state index contributed by atoms with van der Waals surface area (Å²) in [7, 11) is 3.24. The van der Waals surface area contributed by atoms with Crippen molar-refractivity contribution in [3.63, 3.8) is 0 Å². The number of nitrogens with zero attached hydrogens (tertiary/aromatic N) is 1. The van der Waals surface area contributed by atoms with Crippen molar-refractivity contribution in [2.75, 3.05) is 14.2 Å². The van der Waals surface area contributed by atoms with Crippen LogP contribution in [0.3, 0.4) is 0 Å². The van der Waals surface area contributed by atoms with E-state index >= 15 is 0 Å². The van der Waals surface area contributed by atoms with Crippen LogP contribution in [0, 0.1) is 0 Å². The zero-order chi connectivity index (χ0) is 19.8. The third kappa shape index (κ3) is 5.24. The molecule has 3 aromatic rings. The second-order valence-corrected chi connectivity index (χ2v) is 6.95. The molecule has 0 amide bonds. The Labute approximate surface area is 169 Å². The van der Waals surface area contributed by atoms with Gasteiger partial charge >= 0.3 is 0 Å². The van der Waals surface area contributed by atoms with Gasteiger partial charge in [-0.1, -0.05) is 30.3 Å². The van der Waals surface area contributed by atoms with Crippen LogP contribution in [0.15, 0.2) is 78.0 Å². The predicted molar refractivity (Wildman–Crippen MR) is 113 cm³/mol. The molecule has 0 aliphatic rings. The minimum atomic E-state index is -0.0703. The summed E-state index contributed by atoms with van der Waals surface area (Å²) in [6, 6.07) is 18.9. The number of rotatable bonds is 8. The number of allylic oxidation sites excluding steroid dienone is 1. The first-order valence-electron chi connectivity index (χ1n) is 8.77. The number of hydrogen-bond acceptors (Lipinski definition) is 5. The largest absolute Gasteiger partial charge is 0.497 e. The average Bonchev–Trinajstić information content (AvgIpc) is 2.76. The summed E-state index contributed by atoms with van der Waals surface area (Å²) in [4.78, 5) is 16.8. The molecule has 5 heteroatoms. The summed E-state index contributed by atoms with van der Waals surface area (Å²) in [5, 5.41) is 0.957. The van der Waals surface area contributed by atoms with Gasteiger partial charge in [-0.25, -0.2) is 4.98 Å². The lowest BCUT2D eigenvalue weighted by molar-refractivity contribution is 0.104. The van der Waals surface area contributed by atoms with Gasteiger partial charge in [-0.3, -0.25) is 4.79 Å². The number of carbonyl (C=O) groups is 1. The Balaban J connectivity index is 1.74. The van der Waals surface area contributed by atoms with Crippen LogP contribution in [0.1, 0.15) is 21.5 Å². The molecular formula is C23H21NO3S. The van der Waals surface area contributed by atoms with Crippen LogP contribution >= 0.6 is 11.8 Å². The number of pyridine rings is 1. The lowest BCUT2D eigenvalue weighted by Gasteiger charge is -2.09. The second-order valence-electron chi connectivity index (χ2n) is 5.96. The van der Waals surface area contributed by atoms with Gasteiger partial charge in [-0.05, 0) is 48.0 Å². The normalized spacial score (nSPS) is 10.8. The number of ketones is 1. The molecule has 2 aromatic carbocycles. The fourth-order valence-electron chi connectivity index (χ4n) is 2.64. The van der Waals surface area contributed by atoms with Crippen LogP contribution in [0.4, 0.5) is 0 Å². The Morgan fingerprint density at radius 2 is 1.93 bits per heavy atom. The van der Waals surface area contributed by atoms with Crippen LogP contribution < -0.4 is 9.47 Å². The molecule has 1 heterocycles. The highest BCUT2D eigenvalue weighted by Crippen LogP contribution is 2.28. The van der Waals surface area contributed by atoms with E-state index in [4.69, 9.17) is 9.47 Å². The molecule has 0 aliphatic heterocycles. The third-order valence-electron chi connectivity index (χ3n) is 4.10. The van der Waals surface area contributed by atoms with E-state index < -0.39 is 0 Å². The first-order valence-corrected chi connectivity index (χ1v) is 9.75. The molecule has 0 fully saturated rings. The van der Waals surface area contributed by atoms with Gasteiger partial charge in [0.05, 0.1) is 19.2 Å². The zero-order valence-corrected chi connectivity index (χ0v) is 16.6. The monoisotopic (exact) mass is 391 g/mol. The maximum absolute atomic E-state index is 12.4. The molecule has 0 aliphatic carbocycles. The Bertz CT molecular complexity index is 971. The fraction of sp³-hybridized carbons (Fsp3) is 0.130. The molecule has 0 bridgehead atoms. The minimum Gasteiger partial charge on any atom is -0.497 e. The zero-order valence-electron chi connectivity index (χ0n) is 15.8. The minimum absolute atomic E-state index is 0.0703. The van der Waals surface area contributed by atoms with Crippen LogP contribution in [0.5, 0.6) is 11.5 Å². The number of ether oxygens (including phenoxy) is 2. The van der Waals surface area contributed by atoms with Crippen molar-refractivity contribution in [3.05, 3.63) is 89.6 Å². The van der Waals surface area contributed by atoms with Crippen molar-refractivity contribution in [2.24, 2.45) is 0 Å². The fourth-order valence-corrected chi connectivity index (χ4v) is 3.48. The molecule has 0 spiro atoms. The van der Waals surface area contributed by atoms with Crippen molar-refractivity contribution in [3.8, 4) is 11.5 Å². The summed E-state index contributed by atoms with van der Waals surface area (Å²) >= 11 is 1.64. The summed E-state index contributed by atoms with van der Waals surface area (Å²) < 4.78 is 10.6. The Morgan fingerprint density at radius 3 is 2.68 bits per heavy atom. The molecular weight excluding hydrogens is 370 g/mol. The van der Waals surface area contributed by atoms with E-state index in [9.17, 15) is 4.79 Å². The number of hydrogen-bond donors (Lipinski definition) is 0. The lowest BCUT2D eigenvalue weighted by Crippen LogP contribution is -1.95. The number of benzene rings is 2. The Morgan fingerprint density at radius 1 is 1.04 bits per heavy atom. The van der Waals surface area contributed by atoms with Crippen LogP contribution in [-0.4, -0.2) is 25.0 Å². The number of carbonyl (C=O) groups excluding carboxylic acids is 1. The van der Waals surface area contributed by atoms with Crippen molar-refractivity contribution in [1.29, 1.82) is 0 Å². The highest BCUT2D eigenvalue weighted by molar-refractivity contribution is 7.98. The van der Waals surface area contributed by atoms with Gasteiger partial charge in [0, 0.05) is 23.1 Å². The van der Waals surface area contributed by atoms with Crippen LogP contribution in [0.2, 0.25) is 0 Å². The van der Waals surface area contributed by atoms with Crippen molar-refractivity contribution < 1.29 is 14.3 Å². The molecule has 1 aromatic heterocycles. The van der Waals surface area contributed by atoms with E-state index in [1.54, 1.807) is 56.5 Å². The highest BCUT2D eigenvalue weighted by atomic mass is 32.2. The molecule has 0 radical (unpaired) electrons. The van der Waals surface area contributed by atoms with E-state index in [2.05, 4.69) is 4.98 Å². The first kappa shape index (κ1) is 19.7. The van der Waals surface area contributed by atoms with Gasteiger partial charge in [-0.15, -0.1) is 11.8 Å². The van der Waals surface area contributed by atoms with Gasteiger partial charge in [-0.2, -0.15) is 0 Å². The molecule has 0 saturated heterocycles. The summed E-state index contributed by atoms with van der Waals surface area (Å²) in [6.45, 7) is 0. The molecule has 28 heavy (non-hydrogen) atoms. The van der Waals surface area contributed by atoms with E-state index in [1.165, 1.54) is 0 Å². The second kappa shape index (κ2) is 9.76. The number of methoxy groups -OCH3 is 2. The molecule has 0 unspecified atom stereocenters. The molecule has 4 nitrogen and oxygen atoms in total. The molecule has 0 saturated carbocycles. The van der Waals surface area contributed by atoms with Crippen molar-refractivity contribution >= 4 is 23.6 Å². The standard InChI is InChI=1S/C23H21NO3S/c1-26-20-7-5-6-18(15-20)21(25)11-9-17-10-12-22(27-2)19(14-17)16-28-23-8-3-4-13-24-23/h3-15H,16H2,1-2H3/b11-9+. The average molecular weight is 391 g/mol. The summed E-state index contributed by atoms with van der Waals surface area (Å²) in [5.41, 5.74) is 2.58. The molecule has 3 rings (SSSR count). The van der Waals surface area contributed by atoms with Crippen molar-refractivity contribution in [1.82, 2.24) is 4.98 Å². The van der Waals surface area contributed by atoms with Gasteiger partial charge in [0.2, 0.25) is 0 Å². The van der Waals surface area contributed by atoms with Gasteiger partial charge in [0.25, 0.3) is 0 Å². The van der Waals surface area contributed by atoms with Crippen molar-refractivity contribution in [2.45, 2.75) is 10.8 Å². The Kier molecular flexibility index (Phi) is 6.87. The quantitative estimate of drug-likeness (QED) is 0.297. The number of aromatic nitrogens is 1. The Hall–Kier alpha value is -3.05. The maximum atomic E-state index is 12.4. The van der Waals surface area contributed by atoms with Gasteiger partial charge in [0.1, 0.15) is 11.5 Å². The van der Waals surface area contributed by atoms with E-state index in [-0.39, 0.29) is 5.78 Å². The van der Waals surface area contributed by atoms with E-state index in [0.717, 1.165) is 27.7 Å². The van der Waals surface area contributed by atoms with Crippen LogP contribution in [-0.2, 0) is 5.75 Å². The van der Waals surface area contributed by atoms with E-state index in [1.807, 2.05) is 48.5 Å². The summed E-state index contributed by atoms with van der Waals surface area (Å²) in [6.07, 6.45) is 5.17. The number of thioether (sulfide) groups is 1. The predicted octanol–water partition coefficient (Wildman–Crippen LogP) is 5.29. The van der Waals surface area contributed by atoms with E-state index in [0.29, 0.717) is 11.3 Å². The smallest absolute Gasteiger partial charge is 0.185 e. The first-order chi connectivity index (χ1) is 13.7. The maximum Gasteiger partial charge on any atom is 0.185 e.